The van der Waals surface area contributed by atoms with Crippen LogP contribution in [0.25, 0.3) is 0 Å². The Morgan fingerprint density at radius 2 is 2.24 bits per heavy atom. The number of rotatable bonds is 6. The van der Waals surface area contributed by atoms with Crippen molar-refractivity contribution >= 4 is 11.8 Å². The Morgan fingerprint density at radius 3 is 2.76 bits per heavy atom. The summed E-state index contributed by atoms with van der Waals surface area (Å²) in [5.74, 6) is 0.380. The fourth-order valence-corrected chi connectivity index (χ4v) is 1.36. The van der Waals surface area contributed by atoms with Gasteiger partial charge in [-0.05, 0) is 18.6 Å². The van der Waals surface area contributed by atoms with Gasteiger partial charge in [-0.15, -0.1) is 0 Å². The molecule has 0 unspecified atom stereocenters. The number of hydrogen-bond acceptors (Lipinski definition) is 3. The molecule has 94 valence electrons. The second-order valence-electron chi connectivity index (χ2n) is 3.80. The van der Waals surface area contributed by atoms with Crippen LogP contribution >= 0.6 is 0 Å². The second kappa shape index (κ2) is 6.73. The molecule has 0 saturated heterocycles. The van der Waals surface area contributed by atoms with Gasteiger partial charge in [-0.3, -0.25) is 9.59 Å². The van der Waals surface area contributed by atoms with Crippen molar-refractivity contribution in [3.63, 3.8) is 0 Å². The van der Waals surface area contributed by atoms with E-state index < -0.39 is 0 Å². The Kier molecular flexibility index (Phi) is 5.26. The van der Waals surface area contributed by atoms with Gasteiger partial charge in [0.05, 0.1) is 19.4 Å². The Hall–Kier alpha value is -1.78. The minimum atomic E-state index is -0.145. The zero-order chi connectivity index (χ0) is 12.7. The van der Waals surface area contributed by atoms with Crippen LogP contribution in [0.5, 0.6) is 0 Å². The highest BCUT2D eigenvalue weighted by Crippen LogP contribution is 2.05. The molecule has 2 amide bonds. The Bertz CT molecular complexity index is 360. The van der Waals surface area contributed by atoms with Gasteiger partial charge in [-0.1, -0.05) is 6.92 Å². The standard InChI is InChI=1S/C12H18N2O3/c1-3-6-13-12(16)9-14(10(2)15)8-11-5-4-7-17-11/h4-5,7H,3,6,8-9H2,1-2H3,(H,13,16). The monoisotopic (exact) mass is 238 g/mol. The number of nitrogens with one attached hydrogen (secondary N) is 1. The van der Waals surface area contributed by atoms with Crippen molar-refractivity contribution in [1.29, 1.82) is 0 Å². The maximum absolute atomic E-state index is 11.5. The molecule has 0 spiro atoms. The summed E-state index contributed by atoms with van der Waals surface area (Å²) >= 11 is 0. The molecule has 1 aromatic heterocycles. The van der Waals surface area contributed by atoms with Crippen LogP contribution in [0.2, 0.25) is 0 Å². The predicted molar refractivity (Wildman–Crippen MR) is 63.1 cm³/mol. The van der Waals surface area contributed by atoms with Gasteiger partial charge in [0.25, 0.3) is 0 Å². The van der Waals surface area contributed by atoms with Gasteiger partial charge in [-0.25, -0.2) is 0 Å². The molecule has 0 aromatic carbocycles. The van der Waals surface area contributed by atoms with Gasteiger partial charge in [0.2, 0.25) is 11.8 Å². The van der Waals surface area contributed by atoms with Crippen molar-refractivity contribution < 1.29 is 14.0 Å². The molecule has 17 heavy (non-hydrogen) atoms. The molecule has 0 aliphatic heterocycles. The molecule has 0 fully saturated rings. The van der Waals surface area contributed by atoms with Crippen molar-refractivity contribution in [2.75, 3.05) is 13.1 Å². The minimum absolute atomic E-state index is 0.0655. The number of furan rings is 1. The molecule has 5 heteroatoms. The summed E-state index contributed by atoms with van der Waals surface area (Å²) in [5, 5.41) is 2.73. The molecule has 1 aromatic rings. The van der Waals surface area contributed by atoms with Gasteiger partial charge in [0.15, 0.2) is 0 Å². The highest BCUT2D eigenvalue weighted by atomic mass is 16.3. The normalized spacial score (nSPS) is 10.0. The summed E-state index contributed by atoms with van der Waals surface area (Å²) < 4.78 is 5.15. The Balaban J connectivity index is 2.49. The molecule has 0 radical (unpaired) electrons. The van der Waals surface area contributed by atoms with E-state index in [1.54, 1.807) is 18.4 Å². The summed E-state index contributed by atoms with van der Waals surface area (Å²) in [7, 11) is 0. The van der Waals surface area contributed by atoms with Crippen molar-refractivity contribution in [3.8, 4) is 0 Å². The first kappa shape index (κ1) is 13.3. The first-order valence-electron chi connectivity index (χ1n) is 5.68. The highest BCUT2D eigenvalue weighted by Gasteiger charge is 2.14. The topological polar surface area (TPSA) is 62.6 Å². The third-order valence-electron chi connectivity index (χ3n) is 2.28. The first-order chi connectivity index (χ1) is 8.13. The summed E-state index contributed by atoms with van der Waals surface area (Å²) in [6, 6.07) is 3.53. The van der Waals surface area contributed by atoms with Crippen molar-refractivity contribution in [2.24, 2.45) is 0 Å². The van der Waals surface area contributed by atoms with Gasteiger partial charge >= 0.3 is 0 Å². The molecule has 1 rings (SSSR count). The lowest BCUT2D eigenvalue weighted by Gasteiger charge is -2.19. The van der Waals surface area contributed by atoms with Crippen LogP contribution in [0, 0.1) is 0 Å². The van der Waals surface area contributed by atoms with Gasteiger partial charge in [0.1, 0.15) is 5.76 Å². The number of nitrogens with zero attached hydrogens (tertiary/aromatic N) is 1. The molecule has 0 aliphatic rings. The first-order valence-corrected chi connectivity index (χ1v) is 5.68. The zero-order valence-electron chi connectivity index (χ0n) is 10.2. The zero-order valence-corrected chi connectivity index (χ0v) is 10.2. The average Bonchev–Trinajstić information content (AvgIpc) is 2.78. The van der Waals surface area contributed by atoms with Crippen LogP contribution in [0.3, 0.4) is 0 Å². The van der Waals surface area contributed by atoms with E-state index in [2.05, 4.69) is 5.32 Å². The fraction of sp³-hybridized carbons (Fsp3) is 0.500. The summed E-state index contributed by atoms with van der Waals surface area (Å²) in [6.07, 6.45) is 2.43. The lowest BCUT2D eigenvalue weighted by atomic mass is 10.3. The van der Waals surface area contributed by atoms with Crippen molar-refractivity contribution in [2.45, 2.75) is 26.8 Å². The maximum Gasteiger partial charge on any atom is 0.239 e. The number of hydrogen-bond donors (Lipinski definition) is 1. The Morgan fingerprint density at radius 1 is 1.47 bits per heavy atom. The van der Waals surface area contributed by atoms with E-state index >= 15 is 0 Å². The summed E-state index contributed by atoms with van der Waals surface area (Å²) in [6.45, 7) is 4.44. The predicted octanol–water partition coefficient (Wildman–Crippen LogP) is 1.15. The Labute approximate surface area is 101 Å². The van der Waals surface area contributed by atoms with E-state index in [4.69, 9.17) is 4.42 Å². The van der Waals surface area contributed by atoms with Crippen LogP contribution in [-0.2, 0) is 16.1 Å². The second-order valence-corrected chi connectivity index (χ2v) is 3.80. The molecule has 0 atom stereocenters. The molecule has 1 heterocycles. The van der Waals surface area contributed by atoms with Crippen LogP contribution < -0.4 is 5.32 Å². The van der Waals surface area contributed by atoms with E-state index in [-0.39, 0.29) is 18.4 Å². The smallest absolute Gasteiger partial charge is 0.239 e. The molecule has 1 N–H and O–H groups in total. The van der Waals surface area contributed by atoms with Crippen molar-refractivity contribution in [1.82, 2.24) is 10.2 Å². The fourth-order valence-electron chi connectivity index (χ4n) is 1.36. The van der Waals surface area contributed by atoms with Crippen LogP contribution in [0.15, 0.2) is 22.8 Å². The molecule has 5 nitrogen and oxygen atoms in total. The van der Waals surface area contributed by atoms with Crippen LogP contribution in [0.4, 0.5) is 0 Å². The van der Waals surface area contributed by atoms with E-state index in [1.165, 1.54) is 11.8 Å². The van der Waals surface area contributed by atoms with E-state index in [0.29, 0.717) is 18.8 Å². The van der Waals surface area contributed by atoms with E-state index in [0.717, 1.165) is 6.42 Å². The number of carbonyl (C=O) groups is 2. The van der Waals surface area contributed by atoms with Crippen LogP contribution in [-0.4, -0.2) is 29.8 Å². The van der Waals surface area contributed by atoms with Crippen LogP contribution in [0.1, 0.15) is 26.0 Å². The SMILES string of the molecule is CCCNC(=O)CN(Cc1ccco1)C(C)=O. The molecular weight excluding hydrogens is 220 g/mol. The lowest BCUT2D eigenvalue weighted by Crippen LogP contribution is -2.39. The van der Waals surface area contributed by atoms with Crippen molar-refractivity contribution in [3.05, 3.63) is 24.2 Å². The summed E-state index contributed by atoms with van der Waals surface area (Å²) in [4.78, 5) is 24.3. The number of carbonyl (C=O) groups excluding carboxylic acids is 2. The lowest BCUT2D eigenvalue weighted by molar-refractivity contribution is -0.135. The number of amides is 2. The molecule has 0 bridgehead atoms. The third kappa shape index (κ3) is 4.72. The highest BCUT2D eigenvalue weighted by molar-refractivity contribution is 5.83. The third-order valence-corrected chi connectivity index (χ3v) is 2.28. The quantitative estimate of drug-likeness (QED) is 0.808. The van der Waals surface area contributed by atoms with E-state index in [9.17, 15) is 9.59 Å². The minimum Gasteiger partial charge on any atom is -0.467 e. The van der Waals surface area contributed by atoms with Gasteiger partial charge in [-0.2, -0.15) is 0 Å². The molecule has 0 aliphatic carbocycles. The maximum atomic E-state index is 11.5. The average molecular weight is 238 g/mol. The van der Waals surface area contributed by atoms with Gasteiger partial charge < -0.3 is 14.6 Å². The largest absolute Gasteiger partial charge is 0.467 e. The molecule has 0 saturated carbocycles. The van der Waals surface area contributed by atoms with E-state index in [1.807, 2.05) is 6.92 Å². The summed E-state index contributed by atoms with van der Waals surface area (Å²) in [5.41, 5.74) is 0. The van der Waals surface area contributed by atoms with Gasteiger partial charge in [0, 0.05) is 13.5 Å². The molecular formula is C12H18N2O3.